The standard InChI is InChI=1S/C42H24F6O6S2/c43-41(44,45)55(49,50)53-35-23-19-27-11-3-7-15-31(27)39(35)37-29-13-5-1-9-25(29)17-21-33(37)34-22-18-26-10-2-6-14-30(26)38(34)40-32-16-8-4-12-28(32)20-24-36(40)54-56(51,52)42(46,47)48/h1-24H. The minimum absolute atomic E-state index is 0.0177. The van der Waals surface area contributed by atoms with Crippen LogP contribution in [0.15, 0.2) is 146 Å². The zero-order valence-corrected chi connectivity index (χ0v) is 30.0. The average molecular weight is 803 g/mol. The second kappa shape index (κ2) is 13.3. The summed E-state index contributed by atoms with van der Waals surface area (Å²) in [4.78, 5) is 0. The lowest BCUT2D eigenvalue weighted by Gasteiger charge is -2.23. The van der Waals surface area contributed by atoms with Gasteiger partial charge in [-0.3, -0.25) is 0 Å². The molecule has 0 heterocycles. The van der Waals surface area contributed by atoms with Gasteiger partial charge in [-0.2, -0.15) is 43.2 Å². The number of rotatable bonds is 7. The summed E-state index contributed by atoms with van der Waals surface area (Å²) in [7, 11) is -12.4. The lowest BCUT2D eigenvalue weighted by molar-refractivity contribution is -0.0504. The first-order valence-corrected chi connectivity index (χ1v) is 19.5. The van der Waals surface area contributed by atoms with Gasteiger partial charge in [-0.15, -0.1) is 0 Å². The molecule has 0 unspecified atom stereocenters. The van der Waals surface area contributed by atoms with Gasteiger partial charge in [-0.05, 0) is 66.3 Å². The molecule has 0 aliphatic heterocycles. The summed E-state index contributed by atoms with van der Waals surface area (Å²) in [5.74, 6) is -1.27. The lowest BCUT2D eigenvalue weighted by Crippen LogP contribution is -2.28. The van der Waals surface area contributed by atoms with Crippen LogP contribution in [0.4, 0.5) is 26.3 Å². The van der Waals surface area contributed by atoms with Crippen LogP contribution < -0.4 is 8.37 Å². The van der Waals surface area contributed by atoms with Crippen molar-refractivity contribution in [1.29, 1.82) is 0 Å². The summed E-state index contributed by atoms with van der Waals surface area (Å²) >= 11 is 0. The highest BCUT2D eigenvalue weighted by atomic mass is 32.2. The van der Waals surface area contributed by atoms with Gasteiger partial charge >= 0.3 is 31.3 Å². The Labute approximate surface area is 315 Å². The zero-order valence-electron chi connectivity index (χ0n) is 28.4. The van der Waals surface area contributed by atoms with Crippen LogP contribution in [0.5, 0.6) is 11.5 Å². The monoisotopic (exact) mass is 802 g/mol. The molecule has 0 N–H and O–H groups in total. The van der Waals surface area contributed by atoms with Crippen molar-refractivity contribution in [3.63, 3.8) is 0 Å². The van der Waals surface area contributed by atoms with Crippen molar-refractivity contribution in [1.82, 2.24) is 0 Å². The van der Waals surface area contributed by atoms with Gasteiger partial charge in [0.15, 0.2) is 11.5 Å². The van der Waals surface area contributed by atoms with Gasteiger partial charge in [0.2, 0.25) is 0 Å². The molecule has 8 aromatic rings. The van der Waals surface area contributed by atoms with Crippen LogP contribution >= 0.6 is 0 Å². The van der Waals surface area contributed by atoms with Crippen molar-refractivity contribution in [3.8, 4) is 44.9 Å². The Morgan fingerprint density at radius 3 is 0.911 bits per heavy atom. The second-order valence-corrected chi connectivity index (χ2v) is 15.8. The largest absolute Gasteiger partial charge is 0.534 e. The molecule has 0 aliphatic rings. The average Bonchev–Trinajstić information content (AvgIpc) is 3.16. The fourth-order valence-electron chi connectivity index (χ4n) is 7.02. The van der Waals surface area contributed by atoms with E-state index in [-0.39, 0.29) is 22.3 Å². The van der Waals surface area contributed by atoms with Crippen molar-refractivity contribution in [2.24, 2.45) is 0 Å². The van der Waals surface area contributed by atoms with Crippen molar-refractivity contribution in [2.75, 3.05) is 0 Å². The fourth-order valence-corrected chi connectivity index (χ4v) is 7.96. The van der Waals surface area contributed by atoms with Gasteiger partial charge in [0.25, 0.3) is 0 Å². The third-order valence-corrected chi connectivity index (χ3v) is 11.3. The molecule has 0 saturated carbocycles. The van der Waals surface area contributed by atoms with Crippen molar-refractivity contribution in [2.45, 2.75) is 11.0 Å². The highest BCUT2D eigenvalue weighted by molar-refractivity contribution is 7.88. The first-order valence-electron chi connectivity index (χ1n) is 16.7. The maximum atomic E-state index is 13.9. The molecule has 6 nitrogen and oxygen atoms in total. The first-order chi connectivity index (χ1) is 26.6. The van der Waals surface area contributed by atoms with Gasteiger partial charge in [0.05, 0.1) is 0 Å². The molecular formula is C42H24F6O6S2. The van der Waals surface area contributed by atoms with Crippen LogP contribution in [0.25, 0.3) is 76.5 Å². The third kappa shape index (κ3) is 6.24. The molecule has 8 rings (SSSR count). The predicted octanol–water partition coefficient (Wildman–Crippen LogP) is 11.8. The van der Waals surface area contributed by atoms with Gasteiger partial charge < -0.3 is 8.37 Å². The maximum Gasteiger partial charge on any atom is 0.534 e. The summed E-state index contributed by atoms with van der Waals surface area (Å²) in [6.07, 6.45) is 0. The Morgan fingerprint density at radius 2 is 0.607 bits per heavy atom. The summed E-state index contributed by atoms with van der Waals surface area (Å²) in [5, 5.41) is 3.85. The highest BCUT2D eigenvalue weighted by Gasteiger charge is 2.50. The van der Waals surface area contributed by atoms with Crippen LogP contribution in [0.1, 0.15) is 0 Å². The van der Waals surface area contributed by atoms with E-state index in [1.807, 2.05) is 0 Å². The molecule has 0 fully saturated rings. The summed E-state index contributed by atoms with van der Waals surface area (Å²) in [5.41, 5.74) is -10.5. The third-order valence-electron chi connectivity index (χ3n) is 9.40. The Hall–Kier alpha value is -6.12. The number of hydrogen-bond acceptors (Lipinski definition) is 6. The summed E-state index contributed by atoms with van der Waals surface area (Å²) in [6.45, 7) is 0. The molecule has 0 radical (unpaired) electrons. The molecule has 0 bridgehead atoms. The number of fused-ring (bicyclic) bond motifs is 4. The Balaban J connectivity index is 1.55. The molecule has 14 heteroatoms. The zero-order chi connectivity index (χ0) is 39.6. The highest BCUT2D eigenvalue weighted by Crippen LogP contribution is 2.52. The van der Waals surface area contributed by atoms with E-state index in [1.165, 1.54) is 12.1 Å². The molecule has 0 aromatic heterocycles. The van der Waals surface area contributed by atoms with Crippen LogP contribution in [-0.4, -0.2) is 27.9 Å². The fraction of sp³-hybridized carbons (Fsp3) is 0.0476. The van der Waals surface area contributed by atoms with Crippen LogP contribution in [0.2, 0.25) is 0 Å². The second-order valence-electron chi connectivity index (χ2n) is 12.7. The number of halogens is 6. The first kappa shape index (κ1) is 36.8. The maximum absolute atomic E-state index is 13.9. The topological polar surface area (TPSA) is 86.7 Å². The minimum atomic E-state index is -6.19. The molecule has 0 spiro atoms. The molecule has 0 atom stereocenters. The van der Waals surface area contributed by atoms with E-state index in [1.54, 1.807) is 121 Å². The smallest absolute Gasteiger partial charge is 0.375 e. The molecule has 56 heavy (non-hydrogen) atoms. The van der Waals surface area contributed by atoms with E-state index >= 15 is 0 Å². The number of benzene rings is 8. The van der Waals surface area contributed by atoms with E-state index < -0.39 is 42.8 Å². The van der Waals surface area contributed by atoms with E-state index in [9.17, 15) is 43.2 Å². The summed E-state index contributed by atoms with van der Waals surface area (Å²) in [6, 6.07) is 38.9. The van der Waals surface area contributed by atoms with Crippen LogP contribution in [-0.2, 0) is 20.2 Å². The Morgan fingerprint density at radius 1 is 0.339 bits per heavy atom. The van der Waals surface area contributed by atoms with Gasteiger partial charge in [-0.1, -0.05) is 133 Å². The molecular weight excluding hydrogens is 779 g/mol. The number of hydrogen-bond donors (Lipinski definition) is 0. The normalized spacial score (nSPS) is 12.8. The van der Waals surface area contributed by atoms with Crippen molar-refractivity contribution < 1.29 is 51.5 Å². The van der Waals surface area contributed by atoms with E-state index in [0.29, 0.717) is 54.2 Å². The van der Waals surface area contributed by atoms with Crippen molar-refractivity contribution in [3.05, 3.63) is 146 Å². The number of alkyl halides is 6. The van der Waals surface area contributed by atoms with Crippen LogP contribution in [0.3, 0.4) is 0 Å². The summed E-state index contributed by atoms with van der Waals surface area (Å²) < 4.78 is 143. The molecule has 282 valence electrons. The quantitative estimate of drug-likeness (QED) is 0.0906. The predicted molar refractivity (Wildman–Crippen MR) is 204 cm³/mol. The minimum Gasteiger partial charge on any atom is -0.375 e. The van der Waals surface area contributed by atoms with Crippen molar-refractivity contribution >= 4 is 63.3 Å². The van der Waals surface area contributed by atoms with Gasteiger partial charge in [-0.25, -0.2) is 0 Å². The molecule has 0 saturated heterocycles. The van der Waals surface area contributed by atoms with E-state index in [0.717, 1.165) is 12.1 Å². The van der Waals surface area contributed by atoms with Crippen LogP contribution in [0, 0.1) is 0 Å². The van der Waals surface area contributed by atoms with Gasteiger partial charge in [0, 0.05) is 22.3 Å². The van der Waals surface area contributed by atoms with E-state index in [2.05, 4.69) is 0 Å². The molecule has 0 aliphatic carbocycles. The molecule has 0 amide bonds. The van der Waals surface area contributed by atoms with E-state index in [4.69, 9.17) is 8.37 Å². The Kier molecular flexibility index (Phi) is 8.73. The Bertz CT molecular complexity index is 2900. The van der Waals surface area contributed by atoms with Gasteiger partial charge in [0.1, 0.15) is 0 Å². The lowest BCUT2D eigenvalue weighted by atomic mass is 9.82. The SMILES string of the molecule is O=S(=O)(Oc1ccc2ccccc2c1-c1c(-c2ccc3ccccc3c2-c2c(OS(=O)(=O)C(F)(F)F)ccc3ccccc23)ccc2ccccc12)C(F)(F)F. The molecule has 8 aromatic carbocycles.